The summed E-state index contributed by atoms with van der Waals surface area (Å²) in [5.74, 6) is 1.44. The number of nitrogens with zero attached hydrogens (tertiary/aromatic N) is 3. The van der Waals surface area contributed by atoms with Crippen LogP contribution in [0.1, 0.15) is 26.7 Å². The average molecular weight is 302 g/mol. The van der Waals surface area contributed by atoms with Gasteiger partial charge in [-0.25, -0.2) is 0 Å². The minimum absolute atomic E-state index is 0.357. The molecule has 0 fully saturated rings. The predicted octanol–water partition coefficient (Wildman–Crippen LogP) is 2.76. The summed E-state index contributed by atoms with van der Waals surface area (Å²) in [6.45, 7) is 9.19. The molecule has 0 aromatic carbocycles. The van der Waals surface area contributed by atoms with E-state index in [1.54, 1.807) is 0 Å². The average Bonchev–Trinajstić information content (AvgIpc) is 2.46. The molecule has 0 amide bonds. The quantitative estimate of drug-likeness (QED) is 0.190. The first-order chi connectivity index (χ1) is 10.3. The number of azide groups is 1. The lowest BCUT2D eigenvalue weighted by atomic mass is 10.1. The second-order valence-corrected chi connectivity index (χ2v) is 4.71. The first-order valence-corrected chi connectivity index (χ1v) is 7.38. The fraction of sp³-hybridized carbons (Fsp3) is 0.929. The van der Waals surface area contributed by atoms with Crippen LogP contribution < -0.4 is 0 Å². The molecule has 0 aliphatic heterocycles. The van der Waals surface area contributed by atoms with E-state index in [1.165, 1.54) is 5.92 Å². The van der Waals surface area contributed by atoms with E-state index in [0.29, 0.717) is 52.8 Å². The Hall–Kier alpha value is -0.850. The number of hydrogen-bond acceptors (Lipinski definition) is 5. The summed E-state index contributed by atoms with van der Waals surface area (Å²) in [5.41, 5.74) is 8.05. The largest absolute Gasteiger partial charge is 0.379 e. The third kappa shape index (κ3) is 19.1. The van der Waals surface area contributed by atoms with Crippen LogP contribution in [-0.4, -0.2) is 59.4 Å². The molecular weight excluding hydrogens is 274 g/mol. The zero-order valence-electron chi connectivity index (χ0n) is 13.3. The summed E-state index contributed by atoms with van der Waals surface area (Å²) in [4.78, 5) is 2.63. The molecule has 0 saturated carbocycles. The van der Waals surface area contributed by atoms with Crippen LogP contribution in [0.3, 0.4) is 0 Å². The minimum Gasteiger partial charge on any atom is -0.379 e. The molecule has 0 saturated heterocycles. The van der Waals surface area contributed by atoms with Crippen molar-refractivity contribution in [2.24, 2.45) is 5.11 Å². The number of rotatable bonds is 16. The van der Waals surface area contributed by atoms with E-state index in [1.807, 2.05) is 0 Å². The fourth-order valence-electron chi connectivity index (χ4n) is 1.44. The molecule has 0 aromatic rings. The molecule has 7 nitrogen and oxygen atoms in total. The Bertz CT molecular complexity index is 259. The fourth-order valence-corrected chi connectivity index (χ4v) is 1.44. The second kappa shape index (κ2) is 17.2. The van der Waals surface area contributed by atoms with Crippen molar-refractivity contribution in [1.29, 1.82) is 0 Å². The lowest BCUT2D eigenvalue weighted by Crippen LogP contribution is -2.12. The molecule has 0 aliphatic rings. The van der Waals surface area contributed by atoms with Gasteiger partial charge in [-0.2, -0.15) is 0 Å². The normalized spacial score (nSPS) is 10.8. The Morgan fingerprint density at radius 2 is 1.29 bits per heavy atom. The Morgan fingerprint density at radius 1 is 0.810 bits per heavy atom. The van der Waals surface area contributed by atoms with Crippen molar-refractivity contribution in [2.75, 3.05) is 59.4 Å². The molecule has 0 atom stereocenters. The van der Waals surface area contributed by atoms with Crippen molar-refractivity contribution >= 4 is 0 Å². The van der Waals surface area contributed by atoms with Crippen molar-refractivity contribution in [3.05, 3.63) is 16.4 Å². The highest BCUT2D eigenvalue weighted by molar-refractivity contribution is 4.75. The molecule has 0 spiro atoms. The summed E-state index contributed by atoms with van der Waals surface area (Å²) in [6, 6.07) is 0. The van der Waals surface area contributed by atoms with Gasteiger partial charge in [-0.1, -0.05) is 19.0 Å². The van der Waals surface area contributed by atoms with Crippen molar-refractivity contribution in [2.45, 2.75) is 26.7 Å². The third-order valence-electron chi connectivity index (χ3n) is 2.48. The molecule has 0 aliphatic carbocycles. The van der Waals surface area contributed by atoms with E-state index in [9.17, 15) is 0 Å². The molecule has 0 rings (SSSR count). The first-order valence-electron chi connectivity index (χ1n) is 7.38. The zero-order valence-corrected chi connectivity index (χ0v) is 13.3. The van der Waals surface area contributed by atoms with Crippen LogP contribution in [0.25, 0.3) is 10.4 Å². The van der Waals surface area contributed by atoms with Crippen molar-refractivity contribution in [1.82, 2.24) is 0 Å². The van der Waals surface area contributed by atoms with Crippen molar-refractivity contribution < 1.29 is 18.9 Å². The maximum Gasteiger partial charge on any atom is 0.0701 e. The Balaban J connectivity index is 2.98. The smallest absolute Gasteiger partial charge is 0.0701 e. The van der Waals surface area contributed by atoms with Crippen LogP contribution in [0, 0.1) is 5.92 Å². The van der Waals surface area contributed by atoms with Gasteiger partial charge in [-0.05, 0) is 24.3 Å². The summed E-state index contributed by atoms with van der Waals surface area (Å²) >= 11 is 0. The predicted molar refractivity (Wildman–Crippen MR) is 81.1 cm³/mol. The third-order valence-corrected chi connectivity index (χ3v) is 2.48. The Labute approximate surface area is 127 Å². The van der Waals surface area contributed by atoms with E-state index in [2.05, 4.69) is 23.9 Å². The number of hydrogen-bond donors (Lipinski definition) is 0. The van der Waals surface area contributed by atoms with E-state index in [-0.39, 0.29) is 0 Å². The maximum absolute atomic E-state index is 8.05. The number of ether oxygens (including phenoxy) is 4. The van der Waals surface area contributed by atoms with Gasteiger partial charge in [-0.15, -0.1) is 0 Å². The Morgan fingerprint density at radius 3 is 1.76 bits per heavy atom. The van der Waals surface area contributed by atoms with Gasteiger partial charge in [0.05, 0.1) is 46.2 Å². The highest BCUT2D eigenvalue weighted by Crippen LogP contribution is 2.05. The van der Waals surface area contributed by atoms with Crippen LogP contribution in [0.5, 0.6) is 0 Å². The van der Waals surface area contributed by atoms with Gasteiger partial charge in [0.15, 0.2) is 0 Å². The standard InChI is InChI=1S/C14H28N3O4/c1-14(2)4-3-6-18-8-10-20-12-13-21-11-9-19-7-5-16-17-15/h3-13H2,1-2H3. The van der Waals surface area contributed by atoms with Crippen molar-refractivity contribution in [3.63, 3.8) is 0 Å². The van der Waals surface area contributed by atoms with Crippen LogP contribution in [0.4, 0.5) is 0 Å². The van der Waals surface area contributed by atoms with Gasteiger partial charge < -0.3 is 18.9 Å². The molecule has 0 bridgehead atoms. The molecule has 0 N–H and O–H groups in total. The molecule has 123 valence electrons. The van der Waals surface area contributed by atoms with Gasteiger partial charge in [-0.3, -0.25) is 0 Å². The zero-order chi connectivity index (χ0) is 15.6. The minimum atomic E-state index is 0.357. The van der Waals surface area contributed by atoms with E-state index < -0.39 is 0 Å². The summed E-state index contributed by atoms with van der Waals surface area (Å²) in [5, 5.41) is 3.36. The highest BCUT2D eigenvalue weighted by Gasteiger charge is 1.95. The monoisotopic (exact) mass is 302 g/mol. The van der Waals surface area contributed by atoms with E-state index in [4.69, 9.17) is 24.5 Å². The van der Waals surface area contributed by atoms with Crippen LogP contribution in [-0.2, 0) is 18.9 Å². The molecule has 0 heterocycles. The lowest BCUT2D eigenvalue weighted by Gasteiger charge is -2.07. The molecule has 21 heavy (non-hydrogen) atoms. The second-order valence-electron chi connectivity index (χ2n) is 4.71. The summed E-state index contributed by atoms with van der Waals surface area (Å²) in [6.07, 6.45) is 2.20. The van der Waals surface area contributed by atoms with E-state index in [0.717, 1.165) is 19.4 Å². The Kier molecular flexibility index (Phi) is 16.5. The lowest BCUT2D eigenvalue weighted by molar-refractivity contribution is -0.00124. The molecule has 1 radical (unpaired) electrons. The molecular formula is C14H28N3O4. The first kappa shape index (κ1) is 20.1. The van der Waals surface area contributed by atoms with Gasteiger partial charge in [0.1, 0.15) is 0 Å². The summed E-state index contributed by atoms with van der Waals surface area (Å²) in [7, 11) is 0. The van der Waals surface area contributed by atoms with Crippen LogP contribution in [0.2, 0.25) is 0 Å². The highest BCUT2D eigenvalue weighted by atomic mass is 16.6. The van der Waals surface area contributed by atoms with Gasteiger partial charge in [0.2, 0.25) is 0 Å². The maximum atomic E-state index is 8.05. The molecule has 7 heteroatoms. The van der Waals surface area contributed by atoms with Gasteiger partial charge >= 0.3 is 0 Å². The van der Waals surface area contributed by atoms with Gasteiger partial charge in [0, 0.05) is 18.1 Å². The van der Waals surface area contributed by atoms with Crippen LogP contribution in [0.15, 0.2) is 5.11 Å². The molecule has 0 aromatic heterocycles. The SMILES string of the molecule is C[C](C)CCCOCCOCCOCCOCCN=[N+]=[N-]. The topological polar surface area (TPSA) is 85.7 Å². The summed E-state index contributed by atoms with van der Waals surface area (Å²) < 4.78 is 21.3. The van der Waals surface area contributed by atoms with Crippen molar-refractivity contribution in [3.8, 4) is 0 Å². The molecule has 0 unspecified atom stereocenters. The van der Waals surface area contributed by atoms with Crippen LogP contribution >= 0.6 is 0 Å². The van der Waals surface area contributed by atoms with E-state index >= 15 is 0 Å². The van der Waals surface area contributed by atoms with Gasteiger partial charge in [0.25, 0.3) is 0 Å².